The average Bonchev–Trinajstić information content (AvgIpc) is 2.82. The minimum absolute atomic E-state index is 0.567. The number of halogens is 2. The van der Waals surface area contributed by atoms with E-state index in [0.717, 1.165) is 17.8 Å². The molecule has 1 aromatic heterocycles. The number of oxazole rings is 1. The van der Waals surface area contributed by atoms with Crippen LogP contribution in [0.5, 0.6) is 0 Å². The summed E-state index contributed by atoms with van der Waals surface area (Å²) in [5.41, 5.74) is 1.63. The van der Waals surface area contributed by atoms with Crippen LogP contribution in [0.15, 0.2) is 29.0 Å². The molecule has 0 fully saturated rings. The van der Waals surface area contributed by atoms with Crippen LogP contribution in [-0.2, 0) is 11.3 Å². The van der Waals surface area contributed by atoms with E-state index >= 15 is 0 Å². The highest BCUT2D eigenvalue weighted by Gasteiger charge is 2.11. The fraction of sp³-hybridized carbons (Fsp3) is 0.308. The van der Waals surface area contributed by atoms with E-state index < -0.39 is 0 Å². The standard InChI is InChI=1S/C13H14Cl2N2O2/c1-18-3-2-16-7-12-13(19-8-17-12)9-4-10(14)6-11(15)5-9/h4-6,8,16H,2-3,7H2,1H3. The molecule has 2 rings (SSSR count). The molecule has 0 aliphatic rings. The van der Waals surface area contributed by atoms with Gasteiger partial charge in [-0.2, -0.15) is 0 Å². The molecule has 4 nitrogen and oxygen atoms in total. The zero-order chi connectivity index (χ0) is 13.7. The Kier molecular flexibility index (Phi) is 5.22. The van der Waals surface area contributed by atoms with E-state index in [2.05, 4.69) is 10.3 Å². The Morgan fingerprint density at radius 1 is 1.26 bits per heavy atom. The summed E-state index contributed by atoms with van der Waals surface area (Å²) in [5, 5.41) is 4.35. The molecule has 0 aliphatic heterocycles. The molecule has 1 heterocycles. The lowest BCUT2D eigenvalue weighted by atomic mass is 10.1. The van der Waals surface area contributed by atoms with E-state index in [0.29, 0.717) is 29.0 Å². The molecule has 0 spiro atoms. The van der Waals surface area contributed by atoms with Crippen molar-refractivity contribution in [3.05, 3.63) is 40.3 Å². The molecular formula is C13H14Cl2N2O2. The predicted octanol–water partition coefficient (Wildman–Crippen LogP) is 3.38. The Hall–Kier alpha value is -1.07. The van der Waals surface area contributed by atoms with Crippen LogP contribution in [0.25, 0.3) is 11.3 Å². The first-order valence-electron chi connectivity index (χ1n) is 5.79. The molecule has 0 unspecified atom stereocenters. The monoisotopic (exact) mass is 300 g/mol. The summed E-state index contributed by atoms with van der Waals surface area (Å²) in [4.78, 5) is 4.19. The average molecular weight is 301 g/mol. The lowest BCUT2D eigenvalue weighted by molar-refractivity contribution is 0.199. The molecule has 6 heteroatoms. The van der Waals surface area contributed by atoms with Gasteiger partial charge in [-0.25, -0.2) is 4.98 Å². The van der Waals surface area contributed by atoms with E-state index in [9.17, 15) is 0 Å². The van der Waals surface area contributed by atoms with Crippen LogP contribution in [0.3, 0.4) is 0 Å². The summed E-state index contributed by atoms with van der Waals surface area (Å²) in [6, 6.07) is 5.28. The van der Waals surface area contributed by atoms with E-state index in [1.165, 1.54) is 6.39 Å². The molecule has 102 valence electrons. The van der Waals surface area contributed by atoms with Gasteiger partial charge in [0.25, 0.3) is 0 Å². The lowest BCUT2D eigenvalue weighted by Crippen LogP contribution is -2.19. The Morgan fingerprint density at radius 3 is 2.68 bits per heavy atom. The molecule has 0 aliphatic carbocycles. The largest absolute Gasteiger partial charge is 0.443 e. The second kappa shape index (κ2) is 6.91. The Labute approximate surface area is 121 Å². The zero-order valence-electron chi connectivity index (χ0n) is 10.5. The van der Waals surface area contributed by atoms with Crippen LogP contribution in [0.2, 0.25) is 10.0 Å². The highest BCUT2D eigenvalue weighted by atomic mass is 35.5. The van der Waals surface area contributed by atoms with Gasteiger partial charge in [0, 0.05) is 35.8 Å². The molecule has 2 aromatic rings. The van der Waals surface area contributed by atoms with Crippen molar-refractivity contribution < 1.29 is 9.15 Å². The summed E-state index contributed by atoms with van der Waals surface area (Å²) in [5.74, 6) is 0.675. The minimum atomic E-state index is 0.567. The first kappa shape index (κ1) is 14.3. The molecule has 1 N–H and O–H groups in total. The van der Waals surface area contributed by atoms with Crippen molar-refractivity contribution in [2.75, 3.05) is 20.3 Å². The lowest BCUT2D eigenvalue weighted by Gasteiger charge is -2.04. The van der Waals surface area contributed by atoms with E-state index in [1.807, 2.05) is 0 Å². The van der Waals surface area contributed by atoms with Crippen molar-refractivity contribution in [2.24, 2.45) is 0 Å². The maximum atomic E-state index is 5.99. The number of hydrogen-bond donors (Lipinski definition) is 1. The second-order valence-electron chi connectivity index (χ2n) is 3.96. The molecule has 0 amide bonds. The van der Waals surface area contributed by atoms with Crippen molar-refractivity contribution in [3.8, 4) is 11.3 Å². The highest BCUT2D eigenvalue weighted by Crippen LogP contribution is 2.29. The van der Waals surface area contributed by atoms with Gasteiger partial charge in [0.15, 0.2) is 12.2 Å². The second-order valence-corrected chi connectivity index (χ2v) is 4.83. The third-order valence-corrected chi connectivity index (χ3v) is 2.98. The molecule has 0 radical (unpaired) electrons. The smallest absolute Gasteiger partial charge is 0.181 e. The van der Waals surface area contributed by atoms with Crippen LogP contribution in [-0.4, -0.2) is 25.2 Å². The number of rotatable bonds is 6. The van der Waals surface area contributed by atoms with Gasteiger partial charge < -0.3 is 14.5 Å². The van der Waals surface area contributed by atoms with E-state index in [4.69, 9.17) is 32.4 Å². The van der Waals surface area contributed by atoms with Crippen LogP contribution < -0.4 is 5.32 Å². The highest BCUT2D eigenvalue weighted by molar-refractivity contribution is 6.35. The Balaban J connectivity index is 2.14. The molecule has 0 saturated heterocycles. The van der Waals surface area contributed by atoms with Gasteiger partial charge in [-0.05, 0) is 18.2 Å². The molecular weight excluding hydrogens is 287 g/mol. The topological polar surface area (TPSA) is 47.3 Å². The summed E-state index contributed by atoms with van der Waals surface area (Å²) in [6.45, 7) is 1.99. The van der Waals surface area contributed by atoms with Gasteiger partial charge in [-0.1, -0.05) is 23.2 Å². The normalized spacial score (nSPS) is 10.9. The van der Waals surface area contributed by atoms with Gasteiger partial charge in [0.05, 0.1) is 6.61 Å². The number of methoxy groups -OCH3 is 1. The van der Waals surface area contributed by atoms with Crippen LogP contribution in [0, 0.1) is 0 Å². The third-order valence-electron chi connectivity index (χ3n) is 2.54. The SMILES string of the molecule is COCCNCc1ncoc1-c1cc(Cl)cc(Cl)c1. The van der Waals surface area contributed by atoms with Gasteiger partial charge in [-0.15, -0.1) is 0 Å². The molecule has 19 heavy (non-hydrogen) atoms. The summed E-state index contributed by atoms with van der Waals surface area (Å²) in [6.07, 6.45) is 1.41. The Bertz CT molecular complexity index is 523. The number of nitrogens with one attached hydrogen (secondary N) is 1. The van der Waals surface area contributed by atoms with Gasteiger partial charge in [0.1, 0.15) is 5.69 Å². The van der Waals surface area contributed by atoms with Crippen molar-refractivity contribution in [2.45, 2.75) is 6.54 Å². The number of ether oxygens (including phenoxy) is 1. The van der Waals surface area contributed by atoms with Crippen molar-refractivity contribution in [1.29, 1.82) is 0 Å². The molecule has 0 saturated carbocycles. The van der Waals surface area contributed by atoms with Gasteiger partial charge in [0.2, 0.25) is 0 Å². The van der Waals surface area contributed by atoms with E-state index in [1.54, 1.807) is 25.3 Å². The van der Waals surface area contributed by atoms with Crippen molar-refractivity contribution >= 4 is 23.2 Å². The quantitative estimate of drug-likeness (QED) is 0.831. The van der Waals surface area contributed by atoms with Crippen LogP contribution in [0.4, 0.5) is 0 Å². The first-order chi connectivity index (χ1) is 9.20. The van der Waals surface area contributed by atoms with Gasteiger partial charge in [-0.3, -0.25) is 0 Å². The van der Waals surface area contributed by atoms with Crippen LogP contribution in [0.1, 0.15) is 5.69 Å². The fourth-order valence-electron chi connectivity index (χ4n) is 1.70. The summed E-state index contributed by atoms with van der Waals surface area (Å²) < 4.78 is 10.4. The number of aromatic nitrogens is 1. The number of benzene rings is 1. The molecule has 0 atom stereocenters. The maximum Gasteiger partial charge on any atom is 0.181 e. The third kappa shape index (κ3) is 3.94. The zero-order valence-corrected chi connectivity index (χ0v) is 12.0. The summed E-state index contributed by atoms with van der Waals surface area (Å²) >= 11 is 12.0. The van der Waals surface area contributed by atoms with Crippen molar-refractivity contribution in [1.82, 2.24) is 10.3 Å². The number of hydrogen-bond acceptors (Lipinski definition) is 4. The first-order valence-corrected chi connectivity index (χ1v) is 6.55. The fourth-order valence-corrected chi connectivity index (χ4v) is 2.22. The maximum absolute atomic E-state index is 5.99. The minimum Gasteiger partial charge on any atom is -0.443 e. The van der Waals surface area contributed by atoms with Gasteiger partial charge >= 0.3 is 0 Å². The van der Waals surface area contributed by atoms with E-state index in [-0.39, 0.29) is 0 Å². The molecule has 0 bridgehead atoms. The molecule has 1 aromatic carbocycles. The van der Waals surface area contributed by atoms with Crippen molar-refractivity contribution in [3.63, 3.8) is 0 Å². The van der Waals surface area contributed by atoms with Crippen LogP contribution >= 0.6 is 23.2 Å². The predicted molar refractivity (Wildman–Crippen MR) is 75.5 cm³/mol. The summed E-state index contributed by atoms with van der Waals surface area (Å²) in [7, 11) is 1.66. The Morgan fingerprint density at radius 2 is 2.00 bits per heavy atom. The number of nitrogens with zero attached hydrogens (tertiary/aromatic N) is 1.